The van der Waals surface area contributed by atoms with Gasteiger partial charge < -0.3 is 0 Å². The molecule has 0 radical (unpaired) electrons. The van der Waals surface area contributed by atoms with Crippen LogP contribution < -0.4 is 0 Å². The lowest BCUT2D eigenvalue weighted by molar-refractivity contribution is 0.343. The molecule has 2 aliphatic rings. The first-order chi connectivity index (χ1) is 10.4. The van der Waals surface area contributed by atoms with E-state index in [1.54, 1.807) is 5.56 Å². The van der Waals surface area contributed by atoms with E-state index < -0.39 is 0 Å². The van der Waals surface area contributed by atoms with Crippen molar-refractivity contribution in [3.8, 4) is 0 Å². The second-order valence-corrected chi connectivity index (χ2v) is 6.62. The highest BCUT2D eigenvalue weighted by Crippen LogP contribution is 2.57. The molecule has 2 aromatic carbocycles. The Morgan fingerprint density at radius 1 is 0.762 bits per heavy atom. The van der Waals surface area contributed by atoms with Gasteiger partial charge in [0.15, 0.2) is 0 Å². The number of hydrogen-bond donors (Lipinski definition) is 0. The molecule has 2 aliphatic carbocycles. The van der Waals surface area contributed by atoms with E-state index in [0.29, 0.717) is 0 Å². The van der Waals surface area contributed by atoms with Crippen LogP contribution in [0.3, 0.4) is 0 Å². The third-order valence-corrected chi connectivity index (χ3v) is 5.48. The molecule has 0 saturated heterocycles. The molecule has 4 rings (SSSR count). The third-order valence-electron chi connectivity index (χ3n) is 5.48. The Hall–Kier alpha value is -1.82. The van der Waals surface area contributed by atoms with Gasteiger partial charge in [-0.1, -0.05) is 72.8 Å². The normalized spacial score (nSPS) is 31.0. The number of fused-ring (bicyclic) bond motifs is 2. The molecule has 106 valence electrons. The molecule has 0 aromatic heterocycles. The van der Waals surface area contributed by atoms with E-state index in [-0.39, 0.29) is 0 Å². The summed E-state index contributed by atoms with van der Waals surface area (Å²) in [7, 11) is 0. The fourth-order valence-electron chi connectivity index (χ4n) is 4.57. The van der Waals surface area contributed by atoms with E-state index in [2.05, 4.69) is 72.8 Å². The fraction of sp³-hybridized carbons (Fsp3) is 0.333. The van der Waals surface area contributed by atoms with Crippen LogP contribution in [0.5, 0.6) is 0 Å². The number of benzene rings is 2. The molecule has 0 N–H and O–H groups in total. The lowest BCUT2D eigenvalue weighted by Crippen LogP contribution is -2.18. The quantitative estimate of drug-likeness (QED) is 0.690. The summed E-state index contributed by atoms with van der Waals surface area (Å²) in [6.45, 7) is 0. The molecule has 0 aliphatic heterocycles. The van der Waals surface area contributed by atoms with E-state index in [1.165, 1.54) is 24.8 Å². The van der Waals surface area contributed by atoms with Crippen molar-refractivity contribution in [1.82, 2.24) is 0 Å². The van der Waals surface area contributed by atoms with Crippen molar-refractivity contribution in [1.29, 1.82) is 0 Å². The Morgan fingerprint density at radius 2 is 1.43 bits per heavy atom. The van der Waals surface area contributed by atoms with Crippen LogP contribution in [0.15, 0.2) is 66.7 Å². The summed E-state index contributed by atoms with van der Waals surface area (Å²) in [5, 5.41) is 0. The van der Waals surface area contributed by atoms with Crippen molar-refractivity contribution in [3.63, 3.8) is 0 Å². The molecular formula is C21H22. The van der Waals surface area contributed by atoms with E-state index in [1.807, 2.05) is 0 Å². The topological polar surface area (TPSA) is 0 Å². The maximum Gasteiger partial charge on any atom is -0.00678 e. The molecule has 2 aromatic rings. The molecule has 2 bridgehead atoms. The van der Waals surface area contributed by atoms with Crippen LogP contribution in [-0.4, -0.2) is 0 Å². The zero-order chi connectivity index (χ0) is 14.1. The van der Waals surface area contributed by atoms with Gasteiger partial charge in [-0.15, -0.1) is 0 Å². The SMILES string of the molecule is C(=C\[C@H]1[C@@H]2CC[C@@H](C2)[C@H]1c1ccccc1)/c1ccccc1. The zero-order valence-corrected chi connectivity index (χ0v) is 12.4. The highest BCUT2D eigenvalue weighted by Gasteiger charge is 2.46. The van der Waals surface area contributed by atoms with Crippen molar-refractivity contribution in [3.05, 3.63) is 77.9 Å². The molecule has 2 saturated carbocycles. The lowest BCUT2D eigenvalue weighted by atomic mass is 9.75. The van der Waals surface area contributed by atoms with Crippen LogP contribution in [0.4, 0.5) is 0 Å². The van der Waals surface area contributed by atoms with Crippen molar-refractivity contribution < 1.29 is 0 Å². The van der Waals surface area contributed by atoms with Gasteiger partial charge in [0.05, 0.1) is 0 Å². The number of rotatable bonds is 3. The summed E-state index contributed by atoms with van der Waals surface area (Å²) in [4.78, 5) is 0. The Bertz CT molecular complexity index is 611. The van der Waals surface area contributed by atoms with Gasteiger partial charge in [-0.05, 0) is 54.1 Å². The van der Waals surface area contributed by atoms with Gasteiger partial charge in [0.2, 0.25) is 0 Å². The van der Waals surface area contributed by atoms with E-state index in [0.717, 1.165) is 23.7 Å². The summed E-state index contributed by atoms with van der Waals surface area (Å²) >= 11 is 0. The van der Waals surface area contributed by atoms with Crippen LogP contribution in [-0.2, 0) is 0 Å². The van der Waals surface area contributed by atoms with Crippen molar-refractivity contribution in [2.45, 2.75) is 25.2 Å². The predicted octanol–water partition coefficient (Wildman–Crippen LogP) is 5.53. The molecule has 0 heterocycles. The molecule has 0 spiro atoms. The third kappa shape index (κ3) is 2.44. The molecular weight excluding hydrogens is 252 g/mol. The molecule has 21 heavy (non-hydrogen) atoms. The van der Waals surface area contributed by atoms with Gasteiger partial charge >= 0.3 is 0 Å². The summed E-state index contributed by atoms with van der Waals surface area (Å²) in [6, 6.07) is 21.9. The first-order valence-electron chi connectivity index (χ1n) is 8.20. The highest BCUT2D eigenvalue weighted by atomic mass is 14.5. The molecule has 4 atom stereocenters. The second kappa shape index (κ2) is 5.52. The van der Waals surface area contributed by atoms with Crippen LogP contribution >= 0.6 is 0 Å². The zero-order valence-electron chi connectivity index (χ0n) is 12.4. The summed E-state index contributed by atoms with van der Waals surface area (Å²) < 4.78 is 0. The van der Waals surface area contributed by atoms with Gasteiger partial charge in [0, 0.05) is 0 Å². The Labute approximate surface area is 127 Å². The van der Waals surface area contributed by atoms with Crippen LogP contribution in [0.2, 0.25) is 0 Å². The van der Waals surface area contributed by atoms with E-state index in [9.17, 15) is 0 Å². The molecule has 2 fully saturated rings. The summed E-state index contributed by atoms with van der Waals surface area (Å²) in [6.07, 6.45) is 9.12. The van der Waals surface area contributed by atoms with Gasteiger partial charge in [-0.3, -0.25) is 0 Å². The second-order valence-electron chi connectivity index (χ2n) is 6.62. The largest absolute Gasteiger partial charge is 0.0799 e. The van der Waals surface area contributed by atoms with Crippen molar-refractivity contribution in [2.24, 2.45) is 17.8 Å². The fourth-order valence-corrected chi connectivity index (χ4v) is 4.57. The predicted molar refractivity (Wildman–Crippen MR) is 89.0 cm³/mol. The minimum atomic E-state index is 0.728. The lowest BCUT2D eigenvalue weighted by Gasteiger charge is -2.29. The van der Waals surface area contributed by atoms with Gasteiger partial charge in [0.1, 0.15) is 0 Å². The standard InChI is InChI=1S/C21H22/c1-3-7-16(8-4-1)11-14-20-18-12-13-19(15-18)21(20)17-9-5-2-6-10-17/h1-11,14,18-21H,12-13,15H2/b14-11+/t18-,19+,20+,21-/m1/s1. The maximum absolute atomic E-state index is 2.50. The van der Waals surface area contributed by atoms with Crippen LogP contribution in [0.1, 0.15) is 36.3 Å². The molecule has 0 unspecified atom stereocenters. The molecule has 0 heteroatoms. The number of hydrogen-bond acceptors (Lipinski definition) is 0. The Morgan fingerprint density at radius 3 is 2.19 bits per heavy atom. The first-order valence-corrected chi connectivity index (χ1v) is 8.20. The Balaban J connectivity index is 1.62. The van der Waals surface area contributed by atoms with Crippen LogP contribution in [0.25, 0.3) is 6.08 Å². The monoisotopic (exact) mass is 274 g/mol. The average molecular weight is 274 g/mol. The maximum atomic E-state index is 2.50. The number of allylic oxidation sites excluding steroid dienone is 1. The van der Waals surface area contributed by atoms with Gasteiger partial charge in [-0.25, -0.2) is 0 Å². The Kier molecular flexibility index (Phi) is 3.39. The minimum absolute atomic E-state index is 0.728. The summed E-state index contributed by atoms with van der Waals surface area (Å²) in [5.41, 5.74) is 2.87. The van der Waals surface area contributed by atoms with Crippen molar-refractivity contribution >= 4 is 6.08 Å². The molecule has 0 nitrogen and oxygen atoms in total. The van der Waals surface area contributed by atoms with Gasteiger partial charge in [-0.2, -0.15) is 0 Å². The van der Waals surface area contributed by atoms with Crippen molar-refractivity contribution in [2.75, 3.05) is 0 Å². The average Bonchev–Trinajstić information content (AvgIpc) is 3.16. The van der Waals surface area contributed by atoms with E-state index in [4.69, 9.17) is 0 Å². The highest BCUT2D eigenvalue weighted by molar-refractivity contribution is 5.50. The smallest absolute Gasteiger partial charge is 0.00678 e. The van der Waals surface area contributed by atoms with Crippen LogP contribution in [0, 0.1) is 17.8 Å². The molecule has 0 amide bonds. The van der Waals surface area contributed by atoms with E-state index >= 15 is 0 Å². The first kappa shape index (κ1) is 12.9. The summed E-state index contributed by atoms with van der Waals surface area (Å²) in [5.74, 6) is 3.28. The minimum Gasteiger partial charge on any atom is -0.0799 e. The van der Waals surface area contributed by atoms with Gasteiger partial charge in [0.25, 0.3) is 0 Å².